The first-order chi connectivity index (χ1) is 17.1. The summed E-state index contributed by atoms with van der Waals surface area (Å²) < 4.78 is 59.7. The Morgan fingerprint density at radius 2 is 1.49 bits per heavy atom. The predicted molar refractivity (Wildman–Crippen MR) is 135 cm³/mol. The zero-order valence-corrected chi connectivity index (χ0v) is 22.0. The van der Waals surface area contributed by atoms with Crippen molar-refractivity contribution < 1.29 is 36.3 Å². The van der Waals surface area contributed by atoms with Crippen molar-refractivity contribution in [3.8, 4) is 0 Å². The minimum absolute atomic E-state index is 0.0710. The molecule has 0 atom stereocenters. The van der Waals surface area contributed by atoms with Crippen LogP contribution in [-0.2, 0) is 25.0 Å². The van der Waals surface area contributed by atoms with E-state index < -0.39 is 27.6 Å². The molecule has 0 bridgehead atoms. The third-order valence-corrected chi connectivity index (χ3v) is 7.38. The van der Waals surface area contributed by atoms with Crippen molar-refractivity contribution in [3.05, 3.63) is 59.7 Å². The van der Waals surface area contributed by atoms with E-state index in [1.165, 1.54) is 0 Å². The van der Waals surface area contributed by atoms with Gasteiger partial charge in [0.05, 0.1) is 10.3 Å². The van der Waals surface area contributed by atoms with Crippen molar-refractivity contribution in [3.63, 3.8) is 0 Å². The van der Waals surface area contributed by atoms with Crippen LogP contribution in [-0.4, -0.2) is 38.1 Å². The monoisotopic (exact) mass is 542 g/mol. The Kier molecular flexibility index (Phi) is 9.76. The fourth-order valence-electron chi connectivity index (χ4n) is 3.52. The molecule has 0 aliphatic heterocycles. The first-order valence-electron chi connectivity index (χ1n) is 11.9. The molecule has 3 N–H and O–H groups in total. The second kappa shape index (κ2) is 12.0. The van der Waals surface area contributed by atoms with Crippen LogP contribution in [0.25, 0.3) is 0 Å². The standard InChI is InChI=1S/C24H32N2O3S.C2HF3O2/c1-17(2)13-16-25-23(27)24(14-15-24)20-7-9-21(10-8-20)26-30(28,29)22-11-5-19(6-12-22)18(3)4;3-2(4,5)1(6)7/h5-12,17-18,26H,13-16H2,1-4H3,(H,25,27);(H,6,7). The largest absolute Gasteiger partial charge is 0.490 e. The summed E-state index contributed by atoms with van der Waals surface area (Å²) in [5, 5.41) is 10.2. The summed E-state index contributed by atoms with van der Waals surface area (Å²) in [4.78, 5) is 21.8. The van der Waals surface area contributed by atoms with Crippen LogP contribution in [0.5, 0.6) is 0 Å². The van der Waals surface area contributed by atoms with Gasteiger partial charge in [0.25, 0.3) is 10.0 Å². The van der Waals surface area contributed by atoms with E-state index in [9.17, 15) is 26.4 Å². The van der Waals surface area contributed by atoms with Crippen LogP contribution in [0, 0.1) is 5.92 Å². The maximum absolute atomic E-state index is 12.7. The van der Waals surface area contributed by atoms with E-state index in [-0.39, 0.29) is 10.8 Å². The number of halogens is 3. The fourth-order valence-corrected chi connectivity index (χ4v) is 4.58. The number of carboxylic acid groups (broad SMARTS) is 1. The Morgan fingerprint density at radius 3 is 1.89 bits per heavy atom. The molecule has 0 unspecified atom stereocenters. The Balaban J connectivity index is 0.000000604. The number of anilines is 1. The molecule has 7 nitrogen and oxygen atoms in total. The lowest BCUT2D eigenvalue weighted by atomic mass is 9.94. The number of nitrogens with one attached hydrogen (secondary N) is 2. The van der Waals surface area contributed by atoms with Crippen LogP contribution in [0.4, 0.5) is 18.9 Å². The predicted octanol–water partition coefficient (Wildman–Crippen LogP) is 5.44. The zero-order valence-electron chi connectivity index (χ0n) is 21.2. The van der Waals surface area contributed by atoms with Crippen molar-refractivity contribution in [2.24, 2.45) is 5.92 Å². The molecular formula is C26H33F3N2O5S. The molecule has 0 radical (unpaired) electrons. The van der Waals surface area contributed by atoms with Gasteiger partial charge in [-0.05, 0) is 66.5 Å². The Bertz CT molecular complexity index is 1170. The molecule has 37 heavy (non-hydrogen) atoms. The normalized spacial score (nSPS) is 14.5. The van der Waals surface area contributed by atoms with Gasteiger partial charge in [0.2, 0.25) is 5.91 Å². The summed E-state index contributed by atoms with van der Waals surface area (Å²) in [5.74, 6) is -1.79. The average Bonchev–Trinajstić information content (AvgIpc) is 3.61. The molecule has 0 saturated heterocycles. The number of hydrogen-bond acceptors (Lipinski definition) is 4. The van der Waals surface area contributed by atoms with Gasteiger partial charge in [0.15, 0.2) is 0 Å². The lowest BCUT2D eigenvalue weighted by Gasteiger charge is -2.17. The molecule has 1 aliphatic rings. The Morgan fingerprint density at radius 1 is 0.973 bits per heavy atom. The SMILES string of the molecule is CC(C)CCNC(=O)C1(c2ccc(NS(=O)(=O)c3ccc(C(C)C)cc3)cc2)CC1.O=C(O)C(F)(F)F. The number of alkyl halides is 3. The highest BCUT2D eigenvalue weighted by Crippen LogP contribution is 2.48. The van der Waals surface area contributed by atoms with Gasteiger partial charge in [-0.15, -0.1) is 0 Å². The average molecular weight is 543 g/mol. The van der Waals surface area contributed by atoms with Gasteiger partial charge in [-0.3, -0.25) is 9.52 Å². The fraction of sp³-hybridized carbons (Fsp3) is 0.462. The van der Waals surface area contributed by atoms with Crippen molar-refractivity contribution in [1.82, 2.24) is 5.32 Å². The van der Waals surface area contributed by atoms with Crippen LogP contribution in [0.15, 0.2) is 53.4 Å². The van der Waals surface area contributed by atoms with Gasteiger partial charge in [0, 0.05) is 12.2 Å². The third kappa shape index (κ3) is 8.48. The highest BCUT2D eigenvalue weighted by atomic mass is 32.2. The number of aliphatic carboxylic acids is 1. The lowest BCUT2D eigenvalue weighted by molar-refractivity contribution is -0.192. The van der Waals surface area contributed by atoms with Crippen LogP contribution in [0.2, 0.25) is 0 Å². The highest BCUT2D eigenvalue weighted by Gasteiger charge is 2.51. The van der Waals surface area contributed by atoms with Gasteiger partial charge in [-0.2, -0.15) is 13.2 Å². The molecule has 0 aromatic heterocycles. The molecule has 1 fully saturated rings. The molecule has 1 aliphatic carbocycles. The second-order valence-electron chi connectivity index (χ2n) is 9.73. The first kappa shape index (κ1) is 30.1. The molecule has 2 aromatic rings. The summed E-state index contributed by atoms with van der Waals surface area (Å²) in [6.07, 6.45) is -2.47. The summed E-state index contributed by atoms with van der Waals surface area (Å²) in [5.41, 5.74) is 2.07. The maximum atomic E-state index is 12.7. The molecule has 2 aromatic carbocycles. The minimum Gasteiger partial charge on any atom is -0.475 e. The molecule has 0 spiro atoms. The van der Waals surface area contributed by atoms with Crippen molar-refractivity contribution in [2.75, 3.05) is 11.3 Å². The van der Waals surface area contributed by atoms with Crippen molar-refractivity contribution >= 4 is 27.6 Å². The summed E-state index contributed by atoms with van der Waals surface area (Å²) in [6, 6.07) is 14.1. The van der Waals surface area contributed by atoms with Gasteiger partial charge >= 0.3 is 12.1 Å². The lowest BCUT2D eigenvalue weighted by Crippen LogP contribution is -2.35. The van der Waals surface area contributed by atoms with E-state index in [1.807, 2.05) is 24.3 Å². The number of carbonyl (C=O) groups is 2. The van der Waals surface area contributed by atoms with E-state index in [4.69, 9.17) is 9.90 Å². The number of carboxylic acids is 1. The van der Waals surface area contributed by atoms with Crippen LogP contribution in [0.1, 0.15) is 64.0 Å². The number of amides is 1. The number of benzene rings is 2. The van der Waals surface area contributed by atoms with Gasteiger partial charge in [0.1, 0.15) is 0 Å². The van der Waals surface area contributed by atoms with E-state index in [2.05, 4.69) is 37.7 Å². The van der Waals surface area contributed by atoms with Crippen LogP contribution in [0.3, 0.4) is 0 Å². The van der Waals surface area contributed by atoms with E-state index >= 15 is 0 Å². The maximum Gasteiger partial charge on any atom is 0.490 e. The highest BCUT2D eigenvalue weighted by molar-refractivity contribution is 7.92. The smallest absolute Gasteiger partial charge is 0.475 e. The molecule has 1 amide bonds. The van der Waals surface area contributed by atoms with E-state index in [1.54, 1.807) is 24.3 Å². The summed E-state index contributed by atoms with van der Waals surface area (Å²) >= 11 is 0. The van der Waals surface area contributed by atoms with Crippen molar-refractivity contribution in [1.29, 1.82) is 0 Å². The molecule has 0 heterocycles. The zero-order chi connectivity index (χ0) is 28.0. The Labute approximate surface area is 215 Å². The number of rotatable bonds is 9. The van der Waals surface area contributed by atoms with Gasteiger partial charge < -0.3 is 10.4 Å². The molecule has 1 saturated carbocycles. The van der Waals surface area contributed by atoms with Gasteiger partial charge in [-0.1, -0.05) is 52.0 Å². The topological polar surface area (TPSA) is 113 Å². The quantitative estimate of drug-likeness (QED) is 0.391. The van der Waals surface area contributed by atoms with Crippen LogP contribution >= 0.6 is 0 Å². The minimum atomic E-state index is -5.08. The van der Waals surface area contributed by atoms with Gasteiger partial charge in [-0.25, -0.2) is 13.2 Å². The first-order valence-corrected chi connectivity index (χ1v) is 13.4. The summed E-state index contributed by atoms with van der Waals surface area (Å²) in [6.45, 7) is 9.10. The van der Waals surface area contributed by atoms with E-state index in [0.29, 0.717) is 24.1 Å². The molecule has 11 heteroatoms. The third-order valence-electron chi connectivity index (χ3n) is 5.98. The van der Waals surface area contributed by atoms with Crippen molar-refractivity contribution in [2.45, 2.75) is 69.4 Å². The molecule has 204 valence electrons. The summed E-state index contributed by atoms with van der Waals surface area (Å²) in [7, 11) is -3.65. The van der Waals surface area contributed by atoms with E-state index in [0.717, 1.165) is 30.4 Å². The number of sulfonamides is 1. The number of hydrogen-bond donors (Lipinski definition) is 3. The number of carbonyl (C=O) groups excluding carboxylic acids is 1. The van der Waals surface area contributed by atoms with Crippen LogP contribution < -0.4 is 10.0 Å². The second-order valence-corrected chi connectivity index (χ2v) is 11.4. The molecule has 3 rings (SSSR count). The Hall–Kier alpha value is -3.08. The molecular weight excluding hydrogens is 509 g/mol.